The largest absolute Gasteiger partial charge is 0.361 e. The molecule has 7 nitrogen and oxygen atoms in total. The van der Waals surface area contributed by atoms with Gasteiger partial charge in [0.2, 0.25) is 11.8 Å². The third kappa shape index (κ3) is 3.30. The average molecular weight is 306 g/mol. The van der Waals surface area contributed by atoms with Crippen molar-refractivity contribution in [3.8, 4) is 0 Å². The summed E-state index contributed by atoms with van der Waals surface area (Å²) in [4.78, 5) is 28.2. The molecule has 2 fully saturated rings. The molecule has 2 saturated heterocycles. The van der Waals surface area contributed by atoms with E-state index in [9.17, 15) is 9.59 Å². The van der Waals surface area contributed by atoms with Crippen molar-refractivity contribution in [2.24, 2.45) is 0 Å². The number of rotatable bonds is 3. The molecule has 1 unspecified atom stereocenters. The number of hydrogen-bond acceptors (Lipinski definition) is 5. The van der Waals surface area contributed by atoms with Crippen molar-refractivity contribution < 1.29 is 14.1 Å². The van der Waals surface area contributed by atoms with Gasteiger partial charge in [0.15, 0.2) is 0 Å². The minimum Gasteiger partial charge on any atom is -0.361 e. The number of nitrogens with zero attached hydrogens (tertiary/aromatic N) is 3. The second kappa shape index (κ2) is 6.48. The molecule has 1 aromatic heterocycles. The molecule has 0 aliphatic carbocycles. The molecule has 1 N–H and O–H groups in total. The van der Waals surface area contributed by atoms with E-state index in [1.807, 2.05) is 16.7 Å². The molecule has 0 bridgehead atoms. The van der Waals surface area contributed by atoms with Crippen LogP contribution >= 0.6 is 0 Å². The van der Waals surface area contributed by atoms with Crippen molar-refractivity contribution in [2.45, 2.75) is 32.2 Å². The van der Waals surface area contributed by atoms with Gasteiger partial charge in [0, 0.05) is 38.3 Å². The van der Waals surface area contributed by atoms with Crippen molar-refractivity contribution in [3.63, 3.8) is 0 Å². The van der Waals surface area contributed by atoms with E-state index in [0.717, 1.165) is 32.5 Å². The fourth-order valence-electron chi connectivity index (χ4n) is 3.21. The Hall–Kier alpha value is -1.89. The first-order chi connectivity index (χ1) is 10.6. The Morgan fingerprint density at radius 3 is 3.09 bits per heavy atom. The highest BCUT2D eigenvalue weighted by Gasteiger charge is 2.31. The summed E-state index contributed by atoms with van der Waals surface area (Å²) in [5.41, 5.74) is 0.669. The Labute approximate surface area is 129 Å². The van der Waals surface area contributed by atoms with Crippen LogP contribution in [0, 0.1) is 6.92 Å². The zero-order valence-electron chi connectivity index (χ0n) is 12.9. The van der Waals surface area contributed by atoms with Crippen LogP contribution in [-0.2, 0) is 16.0 Å². The number of carbonyl (C=O) groups is 2. The van der Waals surface area contributed by atoms with Crippen LogP contribution in [-0.4, -0.2) is 65.5 Å². The second-order valence-electron chi connectivity index (χ2n) is 6.01. The molecule has 120 valence electrons. The van der Waals surface area contributed by atoms with Crippen LogP contribution in [0.3, 0.4) is 0 Å². The summed E-state index contributed by atoms with van der Waals surface area (Å²) in [6.07, 6.45) is 2.17. The standard InChI is InChI=1S/C15H22N4O3/c1-11-7-12(17-22-11)8-14(20)18-5-2-3-13(10-18)19-6-4-16-9-15(19)21/h7,13,16H,2-6,8-10H2,1H3. The van der Waals surface area contributed by atoms with E-state index in [1.165, 1.54) is 0 Å². The van der Waals surface area contributed by atoms with Gasteiger partial charge in [-0.15, -0.1) is 0 Å². The highest BCUT2D eigenvalue weighted by atomic mass is 16.5. The Morgan fingerprint density at radius 2 is 2.36 bits per heavy atom. The number of piperidine rings is 1. The number of hydrogen-bond donors (Lipinski definition) is 1. The Kier molecular flexibility index (Phi) is 4.42. The minimum atomic E-state index is 0.0561. The lowest BCUT2D eigenvalue weighted by Crippen LogP contribution is -2.57. The van der Waals surface area contributed by atoms with Gasteiger partial charge < -0.3 is 19.6 Å². The number of piperazine rings is 1. The summed E-state index contributed by atoms with van der Waals surface area (Å²) in [6, 6.07) is 1.94. The summed E-state index contributed by atoms with van der Waals surface area (Å²) in [5.74, 6) is 0.906. The first-order valence-corrected chi connectivity index (χ1v) is 7.83. The summed E-state index contributed by atoms with van der Waals surface area (Å²) in [6.45, 7) is 5.16. The van der Waals surface area contributed by atoms with E-state index in [4.69, 9.17) is 4.52 Å². The summed E-state index contributed by atoms with van der Waals surface area (Å²) in [5, 5.41) is 6.96. The average Bonchev–Trinajstić information content (AvgIpc) is 2.93. The molecule has 7 heteroatoms. The fourth-order valence-corrected chi connectivity index (χ4v) is 3.21. The van der Waals surface area contributed by atoms with Crippen LogP contribution < -0.4 is 5.32 Å². The predicted octanol–water partition coefficient (Wildman–Crippen LogP) is -0.0517. The van der Waals surface area contributed by atoms with Crippen molar-refractivity contribution >= 4 is 11.8 Å². The van der Waals surface area contributed by atoms with Crippen LogP contribution in [0.2, 0.25) is 0 Å². The molecule has 22 heavy (non-hydrogen) atoms. The SMILES string of the molecule is Cc1cc(CC(=O)N2CCCC(N3CCNCC3=O)C2)no1. The smallest absolute Gasteiger partial charge is 0.236 e. The van der Waals surface area contributed by atoms with Crippen LogP contribution in [0.5, 0.6) is 0 Å². The molecule has 2 amide bonds. The molecule has 3 heterocycles. The summed E-state index contributed by atoms with van der Waals surface area (Å²) >= 11 is 0. The number of carbonyl (C=O) groups excluding carboxylic acids is 2. The van der Waals surface area contributed by atoms with Gasteiger partial charge in [0.1, 0.15) is 5.76 Å². The highest BCUT2D eigenvalue weighted by Crippen LogP contribution is 2.18. The molecule has 0 saturated carbocycles. The van der Waals surface area contributed by atoms with Gasteiger partial charge in [0.05, 0.1) is 18.7 Å². The van der Waals surface area contributed by atoms with Crippen LogP contribution in [0.15, 0.2) is 10.6 Å². The molecule has 1 aromatic rings. The number of aryl methyl sites for hydroxylation is 1. The second-order valence-corrected chi connectivity index (χ2v) is 6.01. The number of amides is 2. The molecular weight excluding hydrogens is 284 g/mol. The molecule has 2 aliphatic rings. The van der Waals surface area contributed by atoms with Gasteiger partial charge in [-0.05, 0) is 19.8 Å². The summed E-state index contributed by atoms with van der Waals surface area (Å²) < 4.78 is 5.00. The molecule has 2 aliphatic heterocycles. The lowest BCUT2D eigenvalue weighted by molar-refractivity contribution is -0.140. The monoisotopic (exact) mass is 306 g/mol. The maximum absolute atomic E-state index is 12.4. The van der Waals surface area contributed by atoms with Crippen molar-refractivity contribution in [1.29, 1.82) is 0 Å². The lowest BCUT2D eigenvalue weighted by atomic mass is 10.0. The van der Waals surface area contributed by atoms with Gasteiger partial charge in [-0.25, -0.2) is 0 Å². The maximum Gasteiger partial charge on any atom is 0.236 e. The van der Waals surface area contributed by atoms with E-state index in [2.05, 4.69) is 10.5 Å². The molecular formula is C15H22N4O3. The van der Waals surface area contributed by atoms with E-state index < -0.39 is 0 Å². The van der Waals surface area contributed by atoms with Gasteiger partial charge in [-0.3, -0.25) is 9.59 Å². The normalized spacial score (nSPS) is 23.0. The highest BCUT2D eigenvalue weighted by molar-refractivity contribution is 5.80. The third-order valence-electron chi connectivity index (χ3n) is 4.33. The fraction of sp³-hybridized carbons (Fsp3) is 0.667. The van der Waals surface area contributed by atoms with Crippen LogP contribution in [0.25, 0.3) is 0 Å². The number of aromatic nitrogens is 1. The summed E-state index contributed by atoms with van der Waals surface area (Å²) in [7, 11) is 0. The Morgan fingerprint density at radius 1 is 1.50 bits per heavy atom. The van der Waals surface area contributed by atoms with E-state index in [-0.39, 0.29) is 24.3 Å². The maximum atomic E-state index is 12.4. The minimum absolute atomic E-state index is 0.0561. The van der Waals surface area contributed by atoms with E-state index in [0.29, 0.717) is 24.5 Å². The van der Waals surface area contributed by atoms with E-state index in [1.54, 1.807) is 6.07 Å². The molecule has 0 spiro atoms. The zero-order chi connectivity index (χ0) is 15.5. The number of nitrogens with one attached hydrogen (secondary N) is 1. The first kappa shape index (κ1) is 15.0. The topological polar surface area (TPSA) is 78.7 Å². The molecule has 0 aromatic carbocycles. The van der Waals surface area contributed by atoms with E-state index >= 15 is 0 Å². The van der Waals surface area contributed by atoms with Crippen molar-refractivity contribution in [2.75, 3.05) is 32.7 Å². The predicted molar refractivity (Wildman–Crippen MR) is 79.1 cm³/mol. The lowest BCUT2D eigenvalue weighted by Gasteiger charge is -2.41. The van der Waals surface area contributed by atoms with Crippen LogP contribution in [0.4, 0.5) is 0 Å². The van der Waals surface area contributed by atoms with Crippen molar-refractivity contribution in [1.82, 2.24) is 20.3 Å². The Bertz CT molecular complexity index is 557. The van der Waals surface area contributed by atoms with Gasteiger partial charge in [-0.1, -0.05) is 5.16 Å². The van der Waals surface area contributed by atoms with Gasteiger partial charge in [0.25, 0.3) is 0 Å². The van der Waals surface area contributed by atoms with Crippen molar-refractivity contribution in [3.05, 3.63) is 17.5 Å². The van der Waals surface area contributed by atoms with Crippen LogP contribution in [0.1, 0.15) is 24.3 Å². The quantitative estimate of drug-likeness (QED) is 0.847. The number of likely N-dealkylation sites (tertiary alicyclic amines) is 1. The van der Waals surface area contributed by atoms with Gasteiger partial charge in [-0.2, -0.15) is 0 Å². The zero-order valence-corrected chi connectivity index (χ0v) is 12.9. The first-order valence-electron chi connectivity index (χ1n) is 7.83. The molecule has 3 rings (SSSR count). The third-order valence-corrected chi connectivity index (χ3v) is 4.33. The molecule has 1 atom stereocenters. The van der Waals surface area contributed by atoms with Gasteiger partial charge >= 0.3 is 0 Å². The molecule has 0 radical (unpaired) electrons. The Balaban J connectivity index is 1.60.